The molecule has 1 aliphatic heterocycles. The number of aryl methyl sites for hydroxylation is 1. The summed E-state index contributed by atoms with van der Waals surface area (Å²) in [5.74, 6) is 1.25. The Kier molecular flexibility index (Phi) is 4.81. The van der Waals surface area contributed by atoms with Gasteiger partial charge in [0, 0.05) is 31.5 Å². The number of unbranched alkanes of at least 4 members (excludes halogenated alkanes) is 1. The maximum Gasteiger partial charge on any atom is 0.222 e. The van der Waals surface area contributed by atoms with E-state index in [-0.39, 0.29) is 5.41 Å². The second kappa shape index (κ2) is 6.39. The third kappa shape index (κ3) is 3.39. The Morgan fingerprint density at radius 3 is 2.60 bits per heavy atom. The van der Waals surface area contributed by atoms with Crippen LogP contribution in [0.25, 0.3) is 0 Å². The molecule has 0 radical (unpaired) electrons. The third-order valence-corrected chi connectivity index (χ3v) is 4.40. The number of hydrogen-bond acceptors (Lipinski definition) is 5. The Morgan fingerprint density at radius 2 is 2.05 bits per heavy atom. The van der Waals surface area contributed by atoms with Gasteiger partial charge in [0.15, 0.2) is 0 Å². The van der Waals surface area contributed by atoms with Gasteiger partial charge in [-0.1, -0.05) is 19.8 Å². The molecule has 5 nitrogen and oxygen atoms in total. The molecule has 0 aliphatic carbocycles. The summed E-state index contributed by atoms with van der Waals surface area (Å²) in [5.41, 5.74) is 6.73. The number of aliphatic hydroxyl groups is 1. The van der Waals surface area contributed by atoms with Crippen LogP contribution in [0, 0.1) is 12.3 Å². The average Bonchev–Trinajstić information content (AvgIpc) is 2.44. The molecule has 112 valence electrons. The molecule has 0 spiro atoms. The molecule has 0 atom stereocenters. The summed E-state index contributed by atoms with van der Waals surface area (Å²) < 4.78 is 0. The van der Waals surface area contributed by atoms with Gasteiger partial charge in [-0.05, 0) is 31.6 Å². The van der Waals surface area contributed by atoms with Crippen LogP contribution < -0.4 is 10.6 Å². The van der Waals surface area contributed by atoms with Crippen molar-refractivity contribution < 1.29 is 5.11 Å². The van der Waals surface area contributed by atoms with Crippen molar-refractivity contribution in [3.05, 3.63) is 11.8 Å². The van der Waals surface area contributed by atoms with E-state index in [1.807, 2.05) is 13.0 Å². The molecule has 1 aliphatic rings. The van der Waals surface area contributed by atoms with Crippen molar-refractivity contribution in [1.82, 2.24) is 9.97 Å². The predicted molar refractivity (Wildman–Crippen MR) is 81.7 cm³/mol. The van der Waals surface area contributed by atoms with E-state index in [1.54, 1.807) is 0 Å². The number of nitrogens with two attached hydrogens (primary N) is 1. The van der Waals surface area contributed by atoms with Crippen molar-refractivity contribution in [1.29, 1.82) is 0 Å². The normalized spacial score (nSPS) is 18.2. The van der Waals surface area contributed by atoms with Crippen molar-refractivity contribution in [2.24, 2.45) is 5.41 Å². The fraction of sp³-hybridized carbons (Fsp3) is 0.733. The summed E-state index contributed by atoms with van der Waals surface area (Å²) >= 11 is 0. The zero-order valence-electron chi connectivity index (χ0n) is 12.6. The maximum absolute atomic E-state index is 9.75. The molecule has 1 aromatic heterocycles. The minimum absolute atomic E-state index is 0.111. The molecule has 2 rings (SSSR count). The van der Waals surface area contributed by atoms with Crippen molar-refractivity contribution in [2.75, 3.05) is 30.3 Å². The number of aromatic nitrogens is 2. The Balaban J connectivity index is 2.02. The number of nitrogen functional groups attached to an aromatic ring is 1. The van der Waals surface area contributed by atoms with E-state index in [0.29, 0.717) is 12.6 Å². The smallest absolute Gasteiger partial charge is 0.222 e. The van der Waals surface area contributed by atoms with Crippen molar-refractivity contribution >= 4 is 11.8 Å². The fourth-order valence-corrected chi connectivity index (χ4v) is 2.99. The van der Waals surface area contributed by atoms with E-state index in [0.717, 1.165) is 43.9 Å². The quantitative estimate of drug-likeness (QED) is 0.863. The largest absolute Gasteiger partial charge is 0.396 e. The van der Waals surface area contributed by atoms with Crippen molar-refractivity contribution in [2.45, 2.75) is 46.0 Å². The summed E-state index contributed by atoms with van der Waals surface area (Å²) in [6, 6.07) is 1.98. The van der Waals surface area contributed by atoms with Crippen LogP contribution in [0.4, 0.5) is 11.8 Å². The second-order valence-corrected chi connectivity index (χ2v) is 5.97. The van der Waals surface area contributed by atoms with Gasteiger partial charge in [0.2, 0.25) is 5.95 Å². The molecule has 0 aromatic carbocycles. The molecular weight excluding hydrogens is 252 g/mol. The Morgan fingerprint density at radius 1 is 1.35 bits per heavy atom. The first-order valence-electron chi connectivity index (χ1n) is 7.55. The van der Waals surface area contributed by atoms with Gasteiger partial charge in [0.25, 0.3) is 0 Å². The Hall–Kier alpha value is -1.36. The number of hydrogen-bond donors (Lipinski definition) is 2. The van der Waals surface area contributed by atoms with E-state index >= 15 is 0 Å². The highest BCUT2D eigenvalue weighted by molar-refractivity contribution is 5.43. The van der Waals surface area contributed by atoms with Crippen LogP contribution in [0.2, 0.25) is 0 Å². The van der Waals surface area contributed by atoms with Crippen LogP contribution in [0.3, 0.4) is 0 Å². The van der Waals surface area contributed by atoms with Gasteiger partial charge < -0.3 is 15.7 Å². The van der Waals surface area contributed by atoms with Crippen LogP contribution >= 0.6 is 0 Å². The van der Waals surface area contributed by atoms with Gasteiger partial charge in [-0.2, -0.15) is 4.98 Å². The second-order valence-electron chi connectivity index (χ2n) is 5.97. The molecule has 0 saturated carbocycles. The average molecular weight is 278 g/mol. The number of aliphatic hydroxyl groups excluding tert-OH is 1. The van der Waals surface area contributed by atoms with E-state index in [2.05, 4.69) is 21.8 Å². The lowest BCUT2D eigenvalue weighted by Crippen LogP contribution is -2.42. The number of anilines is 2. The molecule has 1 saturated heterocycles. The van der Waals surface area contributed by atoms with Gasteiger partial charge in [-0.25, -0.2) is 4.98 Å². The number of nitrogens with zero attached hydrogens (tertiary/aromatic N) is 3. The zero-order valence-corrected chi connectivity index (χ0v) is 12.6. The van der Waals surface area contributed by atoms with Gasteiger partial charge in [-0.3, -0.25) is 0 Å². The highest BCUT2D eigenvalue weighted by Gasteiger charge is 2.33. The van der Waals surface area contributed by atoms with E-state index in [1.165, 1.54) is 12.8 Å². The fourth-order valence-electron chi connectivity index (χ4n) is 2.99. The number of piperidine rings is 1. The summed E-state index contributed by atoms with van der Waals surface area (Å²) in [5, 5.41) is 9.75. The zero-order chi connectivity index (χ0) is 14.6. The van der Waals surface area contributed by atoms with Crippen LogP contribution in [-0.4, -0.2) is 34.8 Å². The first-order valence-corrected chi connectivity index (χ1v) is 7.55. The summed E-state index contributed by atoms with van der Waals surface area (Å²) in [6.07, 6.45) is 5.55. The van der Waals surface area contributed by atoms with E-state index < -0.39 is 0 Å². The van der Waals surface area contributed by atoms with Crippen LogP contribution in [0.1, 0.15) is 44.7 Å². The van der Waals surface area contributed by atoms with Crippen LogP contribution in [0.5, 0.6) is 0 Å². The standard InChI is InChI=1S/C15H26N4O/c1-3-4-5-15(11-20)6-8-19(9-7-15)13-10-12(2)17-14(16)18-13/h10,20H,3-9,11H2,1-2H3,(H2,16,17,18). The lowest BCUT2D eigenvalue weighted by molar-refractivity contribution is 0.0846. The minimum atomic E-state index is 0.111. The number of rotatable bonds is 5. The maximum atomic E-state index is 9.75. The molecule has 20 heavy (non-hydrogen) atoms. The predicted octanol–water partition coefficient (Wildman–Crippen LogP) is 2.14. The highest BCUT2D eigenvalue weighted by atomic mass is 16.3. The first kappa shape index (κ1) is 15.0. The van der Waals surface area contributed by atoms with Crippen LogP contribution in [-0.2, 0) is 0 Å². The Labute approximate surface area is 121 Å². The highest BCUT2D eigenvalue weighted by Crippen LogP contribution is 2.37. The molecule has 2 heterocycles. The summed E-state index contributed by atoms with van der Waals surface area (Å²) in [7, 11) is 0. The lowest BCUT2D eigenvalue weighted by atomic mass is 9.75. The molecular formula is C15H26N4O. The molecule has 3 N–H and O–H groups in total. The topological polar surface area (TPSA) is 75.3 Å². The molecule has 0 bridgehead atoms. The van der Waals surface area contributed by atoms with Crippen molar-refractivity contribution in [3.8, 4) is 0 Å². The molecule has 0 unspecified atom stereocenters. The van der Waals surface area contributed by atoms with E-state index in [4.69, 9.17) is 5.73 Å². The van der Waals surface area contributed by atoms with Gasteiger partial charge >= 0.3 is 0 Å². The van der Waals surface area contributed by atoms with Crippen LogP contribution in [0.15, 0.2) is 6.07 Å². The molecule has 1 aromatic rings. The summed E-state index contributed by atoms with van der Waals surface area (Å²) in [4.78, 5) is 10.7. The summed E-state index contributed by atoms with van der Waals surface area (Å²) in [6.45, 7) is 6.30. The SMILES string of the molecule is CCCCC1(CO)CCN(c2cc(C)nc(N)n2)CC1. The molecule has 0 amide bonds. The van der Waals surface area contributed by atoms with E-state index in [9.17, 15) is 5.11 Å². The monoisotopic (exact) mass is 278 g/mol. The van der Waals surface area contributed by atoms with Crippen molar-refractivity contribution in [3.63, 3.8) is 0 Å². The Bertz CT molecular complexity index is 421. The van der Waals surface area contributed by atoms with Gasteiger partial charge in [0.05, 0.1) is 0 Å². The first-order chi connectivity index (χ1) is 9.58. The minimum Gasteiger partial charge on any atom is -0.396 e. The molecule has 1 fully saturated rings. The molecule has 5 heteroatoms. The van der Waals surface area contributed by atoms with Gasteiger partial charge in [0.1, 0.15) is 5.82 Å². The lowest BCUT2D eigenvalue weighted by Gasteiger charge is -2.41. The third-order valence-electron chi connectivity index (χ3n) is 4.40. The van der Waals surface area contributed by atoms with Gasteiger partial charge in [-0.15, -0.1) is 0 Å².